The third-order valence-corrected chi connectivity index (χ3v) is 7.91. The van der Waals surface area contributed by atoms with Gasteiger partial charge < -0.3 is 10.3 Å². The van der Waals surface area contributed by atoms with Gasteiger partial charge in [-0.15, -0.1) is 11.8 Å². The van der Waals surface area contributed by atoms with Gasteiger partial charge in [-0.1, -0.05) is 31.4 Å². The lowest BCUT2D eigenvalue weighted by Crippen LogP contribution is -2.43. The quantitative estimate of drug-likeness (QED) is 0.724. The van der Waals surface area contributed by atoms with E-state index in [0.29, 0.717) is 18.1 Å². The van der Waals surface area contributed by atoms with Crippen molar-refractivity contribution >= 4 is 33.4 Å². The van der Waals surface area contributed by atoms with E-state index in [1.165, 1.54) is 85.4 Å². The van der Waals surface area contributed by atoms with E-state index in [1.807, 2.05) is 11.8 Å². The number of aromatic nitrogens is 1. The SMILES string of the molecule is CC(C1CSC(c2cc3cccc(NC4CCCC4)c3[nH]2)=N1)N1CCCCC1. The van der Waals surface area contributed by atoms with Crippen molar-refractivity contribution < 1.29 is 0 Å². The Morgan fingerprint density at radius 3 is 2.79 bits per heavy atom. The van der Waals surface area contributed by atoms with Crippen LogP contribution in [0.4, 0.5) is 5.69 Å². The molecule has 0 radical (unpaired) electrons. The van der Waals surface area contributed by atoms with Crippen LogP contribution < -0.4 is 5.32 Å². The molecular formula is C23H32N4S. The molecule has 2 atom stereocenters. The molecule has 1 aliphatic carbocycles. The number of rotatable bonds is 5. The van der Waals surface area contributed by atoms with Crippen LogP contribution in [-0.2, 0) is 0 Å². The minimum atomic E-state index is 0.417. The minimum Gasteiger partial charge on any atom is -0.381 e. The van der Waals surface area contributed by atoms with Crippen LogP contribution in [0.5, 0.6) is 0 Å². The molecule has 3 heterocycles. The monoisotopic (exact) mass is 396 g/mol. The number of H-pyrrole nitrogens is 1. The van der Waals surface area contributed by atoms with Gasteiger partial charge in [-0.05, 0) is 57.8 Å². The van der Waals surface area contributed by atoms with Gasteiger partial charge in [-0.25, -0.2) is 0 Å². The maximum absolute atomic E-state index is 5.15. The molecular weight excluding hydrogens is 364 g/mol. The third-order valence-electron chi connectivity index (χ3n) is 6.80. The number of nitrogens with one attached hydrogen (secondary N) is 2. The van der Waals surface area contributed by atoms with E-state index in [2.05, 4.69) is 46.4 Å². The number of para-hydroxylation sites is 1. The van der Waals surface area contributed by atoms with Crippen LogP contribution in [0.1, 0.15) is 57.6 Å². The zero-order valence-corrected chi connectivity index (χ0v) is 17.7. The van der Waals surface area contributed by atoms with Gasteiger partial charge in [0, 0.05) is 23.2 Å². The van der Waals surface area contributed by atoms with Crippen LogP contribution in [0, 0.1) is 0 Å². The molecule has 0 bridgehead atoms. The second-order valence-electron chi connectivity index (χ2n) is 8.73. The smallest absolute Gasteiger partial charge is 0.114 e. The van der Waals surface area contributed by atoms with Crippen molar-refractivity contribution in [3.05, 3.63) is 30.0 Å². The van der Waals surface area contributed by atoms with E-state index in [-0.39, 0.29) is 0 Å². The van der Waals surface area contributed by atoms with E-state index in [9.17, 15) is 0 Å². The topological polar surface area (TPSA) is 43.4 Å². The maximum Gasteiger partial charge on any atom is 0.114 e. The van der Waals surface area contributed by atoms with Gasteiger partial charge in [0.1, 0.15) is 5.04 Å². The van der Waals surface area contributed by atoms with Crippen molar-refractivity contribution in [1.29, 1.82) is 0 Å². The number of anilines is 1. The molecule has 3 aliphatic rings. The molecule has 1 aromatic heterocycles. The van der Waals surface area contributed by atoms with Crippen molar-refractivity contribution in [3.8, 4) is 0 Å². The number of aromatic amines is 1. The number of nitrogens with zero attached hydrogens (tertiary/aromatic N) is 2. The summed E-state index contributed by atoms with van der Waals surface area (Å²) >= 11 is 1.92. The highest BCUT2D eigenvalue weighted by Crippen LogP contribution is 2.32. The number of likely N-dealkylation sites (tertiary alicyclic amines) is 1. The highest BCUT2D eigenvalue weighted by Gasteiger charge is 2.29. The summed E-state index contributed by atoms with van der Waals surface area (Å²) in [5.74, 6) is 1.11. The second-order valence-corrected chi connectivity index (χ2v) is 9.74. The molecule has 1 aromatic carbocycles. The van der Waals surface area contributed by atoms with Gasteiger partial charge in [-0.3, -0.25) is 9.89 Å². The summed E-state index contributed by atoms with van der Waals surface area (Å²) in [6.45, 7) is 4.86. The Balaban J connectivity index is 1.35. The van der Waals surface area contributed by atoms with Crippen molar-refractivity contribution in [1.82, 2.24) is 9.88 Å². The van der Waals surface area contributed by atoms with Crippen molar-refractivity contribution in [2.24, 2.45) is 4.99 Å². The van der Waals surface area contributed by atoms with Crippen LogP contribution in [0.3, 0.4) is 0 Å². The molecule has 2 aliphatic heterocycles. The Morgan fingerprint density at radius 1 is 1.14 bits per heavy atom. The Kier molecular flexibility index (Phi) is 5.38. The largest absolute Gasteiger partial charge is 0.381 e. The Bertz CT molecular complexity index is 845. The summed E-state index contributed by atoms with van der Waals surface area (Å²) in [6.07, 6.45) is 9.38. The lowest BCUT2D eigenvalue weighted by Gasteiger charge is -2.34. The van der Waals surface area contributed by atoms with E-state index in [1.54, 1.807) is 0 Å². The minimum absolute atomic E-state index is 0.417. The molecule has 5 heteroatoms. The van der Waals surface area contributed by atoms with Crippen molar-refractivity contribution in [3.63, 3.8) is 0 Å². The fraction of sp³-hybridized carbons (Fsp3) is 0.609. The Hall–Kier alpha value is -1.46. The lowest BCUT2D eigenvalue weighted by molar-refractivity contribution is 0.160. The number of fused-ring (bicyclic) bond motifs is 1. The first-order valence-electron chi connectivity index (χ1n) is 11.1. The molecule has 1 saturated carbocycles. The van der Waals surface area contributed by atoms with Gasteiger partial charge in [0.2, 0.25) is 0 Å². The number of hydrogen-bond donors (Lipinski definition) is 2. The molecule has 2 fully saturated rings. The first-order valence-corrected chi connectivity index (χ1v) is 12.1. The normalized spacial score (nSPS) is 25.3. The predicted octanol–water partition coefficient (Wildman–Crippen LogP) is 5.26. The van der Waals surface area contributed by atoms with Gasteiger partial charge in [0.25, 0.3) is 0 Å². The molecule has 5 rings (SSSR count). The van der Waals surface area contributed by atoms with E-state index in [0.717, 1.165) is 5.75 Å². The molecule has 2 N–H and O–H groups in total. The second kappa shape index (κ2) is 8.11. The summed E-state index contributed by atoms with van der Waals surface area (Å²) in [7, 11) is 0. The number of aliphatic imine (C=N–C) groups is 1. The molecule has 2 unspecified atom stereocenters. The average molecular weight is 397 g/mol. The predicted molar refractivity (Wildman–Crippen MR) is 122 cm³/mol. The van der Waals surface area contributed by atoms with Crippen molar-refractivity contribution in [2.75, 3.05) is 24.2 Å². The fourth-order valence-electron chi connectivity index (χ4n) is 5.03. The summed E-state index contributed by atoms with van der Waals surface area (Å²) < 4.78 is 0. The zero-order chi connectivity index (χ0) is 18.9. The highest BCUT2D eigenvalue weighted by atomic mass is 32.2. The number of benzene rings is 1. The van der Waals surface area contributed by atoms with E-state index >= 15 is 0 Å². The van der Waals surface area contributed by atoms with Gasteiger partial charge >= 0.3 is 0 Å². The van der Waals surface area contributed by atoms with Gasteiger partial charge in [0.15, 0.2) is 0 Å². The average Bonchev–Trinajstić information content (AvgIpc) is 3.48. The Morgan fingerprint density at radius 2 is 1.96 bits per heavy atom. The van der Waals surface area contributed by atoms with Gasteiger partial charge in [-0.2, -0.15) is 0 Å². The lowest BCUT2D eigenvalue weighted by atomic mass is 10.1. The first-order chi connectivity index (χ1) is 13.8. The highest BCUT2D eigenvalue weighted by molar-refractivity contribution is 8.14. The molecule has 28 heavy (non-hydrogen) atoms. The molecule has 0 spiro atoms. The van der Waals surface area contributed by atoms with Crippen LogP contribution in [0.15, 0.2) is 29.3 Å². The summed E-state index contributed by atoms with van der Waals surface area (Å²) in [5.41, 5.74) is 3.67. The number of hydrogen-bond acceptors (Lipinski definition) is 4. The van der Waals surface area contributed by atoms with Crippen LogP contribution in [0.2, 0.25) is 0 Å². The van der Waals surface area contributed by atoms with E-state index in [4.69, 9.17) is 4.99 Å². The summed E-state index contributed by atoms with van der Waals surface area (Å²) in [5, 5.41) is 6.25. The van der Waals surface area contributed by atoms with E-state index < -0.39 is 0 Å². The number of piperidine rings is 1. The molecule has 4 nitrogen and oxygen atoms in total. The standard InChI is InChI=1S/C23H32N4S/c1-16(27-12-5-2-6-13-27)21-15-28-23(26-21)20-14-17-8-7-11-19(22(17)25-20)24-18-9-3-4-10-18/h7-8,11,14,16,18,21,24-25H,2-6,9-10,12-13,15H2,1H3. The van der Waals surface area contributed by atoms with Gasteiger partial charge in [0.05, 0.1) is 22.9 Å². The van der Waals surface area contributed by atoms with Crippen LogP contribution in [-0.4, -0.2) is 51.9 Å². The number of thioether (sulfide) groups is 1. The van der Waals surface area contributed by atoms with Crippen LogP contribution in [0.25, 0.3) is 10.9 Å². The molecule has 1 saturated heterocycles. The molecule has 150 valence electrons. The zero-order valence-electron chi connectivity index (χ0n) is 16.9. The maximum atomic E-state index is 5.15. The van der Waals surface area contributed by atoms with Crippen molar-refractivity contribution in [2.45, 2.75) is 70.0 Å². The fourth-order valence-corrected chi connectivity index (χ4v) is 6.19. The molecule has 2 aromatic rings. The molecule has 0 amide bonds. The van der Waals surface area contributed by atoms with Crippen LogP contribution >= 0.6 is 11.8 Å². The third kappa shape index (κ3) is 3.71. The Labute approximate surface area is 172 Å². The first kappa shape index (κ1) is 18.6. The summed E-state index contributed by atoms with van der Waals surface area (Å²) in [4.78, 5) is 11.5. The summed E-state index contributed by atoms with van der Waals surface area (Å²) in [6, 6.07) is 10.5.